The first kappa shape index (κ1) is 12.1. The van der Waals surface area contributed by atoms with Gasteiger partial charge in [-0.3, -0.25) is 10.1 Å². The van der Waals surface area contributed by atoms with Crippen molar-refractivity contribution in [3.05, 3.63) is 44.4 Å². The third-order valence-corrected chi connectivity index (χ3v) is 2.79. The Morgan fingerprint density at radius 3 is 2.40 bits per heavy atom. The van der Waals surface area contributed by atoms with Crippen molar-refractivity contribution in [2.24, 2.45) is 0 Å². The molecule has 0 unspecified atom stereocenters. The highest BCUT2D eigenvalue weighted by atomic mass is 79.9. The third kappa shape index (κ3) is 3.00. The fourth-order valence-corrected chi connectivity index (χ4v) is 1.63. The van der Waals surface area contributed by atoms with E-state index in [2.05, 4.69) is 15.9 Å². The van der Waals surface area contributed by atoms with Gasteiger partial charge in [0.1, 0.15) is 6.10 Å². The maximum absolute atomic E-state index is 10.6. The Hall–Kier alpha value is -0.940. The Bertz CT molecular complexity index is 339. The smallest absolute Gasteiger partial charge is 0.242 e. The van der Waals surface area contributed by atoms with Crippen LogP contribution in [0.4, 0.5) is 0 Å². The zero-order valence-corrected chi connectivity index (χ0v) is 9.85. The summed E-state index contributed by atoms with van der Waals surface area (Å²) in [6, 6.07) is 5.93. The number of nitrogens with zero attached hydrogens (tertiary/aromatic N) is 1. The molecule has 0 bridgehead atoms. The van der Waals surface area contributed by atoms with Crippen LogP contribution in [-0.2, 0) is 0 Å². The molecule has 0 saturated heterocycles. The van der Waals surface area contributed by atoms with Crippen LogP contribution in [0.3, 0.4) is 0 Å². The molecule has 0 saturated carbocycles. The average Bonchev–Trinajstić information content (AvgIpc) is 2.19. The zero-order chi connectivity index (χ0) is 11.4. The van der Waals surface area contributed by atoms with Gasteiger partial charge in [-0.25, -0.2) is 0 Å². The van der Waals surface area contributed by atoms with Crippen LogP contribution >= 0.6 is 15.9 Å². The molecule has 0 aliphatic rings. The van der Waals surface area contributed by atoms with Gasteiger partial charge in [-0.2, -0.15) is 0 Å². The lowest BCUT2D eigenvalue weighted by molar-refractivity contribution is -0.536. The van der Waals surface area contributed by atoms with Gasteiger partial charge in [-0.15, -0.1) is 0 Å². The Labute approximate surface area is 96.2 Å². The second-order valence-corrected chi connectivity index (χ2v) is 4.17. The predicted molar refractivity (Wildman–Crippen MR) is 60.2 cm³/mol. The Kier molecular flexibility index (Phi) is 4.23. The quantitative estimate of drug-likeness (QED) is 0.677. The van der Waals surface area contributed by atoms with Gasteiger partial charge >= 0.3 is 0 Å². The molecule has 5 heteroatoms. The molecular formula is C10H12BrNO3. The topological polar surface area (TPSA) is 63.4 Å². The van der Waals surface area contributed by atoms with Gasteiger partial charge in [0.25, 0.3) is 0 Å². The van der Waals surface area contributed by atoms with E-state index >= 15 is 0 Å². The van der Waals surface area contributed by atoms with E-state index in [-0.39, 0.29) is 0 Å². The largest absolute Gasteiger partial charge is 0.381 e. The predicted octanol–water partition coefficient (Wildman–Crippen LogP) is 2.54. The number of aliphatic hydroxyl groups is 1. The summed E-state index contributed by atoms with van der Waals surface area (Å²) in [6.45, 7) is 1.69. The zero-order valence-electron chi connectivity index (χ0n) is 8.26. The molecule has 0 spiro atoms. The van der Waals surface area contributed by atoms with Gasteiger partial charge in [-0.1, -0.05) is 35.0 Å². The van der Waals surface area contributed by atoms with E-state index in [1.807, 2.05) is 0 Å². The lowest BCUT2D eigenvalue weighted by Gasteiger charge is -2.14. The molecule has 0 aliphatic carbocycles. The Balaban J connectivity index is 2.87. The summed E-state index contributed by atoms with van der Waals surface area (Å²) in [4.78, 5) is 10.2. The van der Waals surface area contributed by atoms with Gasteiger partial charge in [0.15, 0.2) is 0 Å². The van der Waals surface area contributed by atoms with Crippen molar-refractivity contribution < 1.29 is 10.0 Å². The first-order valence-corrected chi connectivity index (χ1v) is 5.42. The molecule has 0 aromatic heterocycles. The molecule has 0 fully saturated rings. The molecule has 82 valence electrons. The van der Waals surface area contributed by atoms with Crippen molar-refractivity contribution in [3.8, 4) is 0 Å². The van der Waals surface area contributed by atoms with Gasteiger partial charge < -0.3 is 5.11 Å². The van der Waals surface area contributed by atoms with Crippen molar-refractivity contribution in [1.82, 2.24) is 0 Å². The number of nitro groups is 1. The molecule has 0 amide bonds. The maximum atomic E-state index is 10.6. The number of hydrogen-bond donors (Lipinski definition) is 1. The minimum atomic E-state index is -1.04. The molecule has 0 aliphatic heterocycles. The maximum Gasteiger partial charge on any atom is 0.242 e. The van der Waals surface area contributed by atoms with Gasteiger partial charge in [0.05, 0.1) is 0 Å². The SMILES string of the molecule is CC[C@H]([C@H](O)c1ccc(Br)cc1)[N+](=O)[O-]. The molecule has 1 rings (SSSR count). The summed E-state index contributed by atoms with van der Waals surface area (Å²) in [6.07, 6.45) is -0.734. The molecule has 0 heterocycles. The van der Waals surface area contributed by atoms with E-state index in [1.165, 1.54) is 0 Å². The minimum absolute atomic E-state index is 0.310. The highest BCUT2D eigenvalue weighted by molar-refractivity contribution is 9.10. The second-order valence-electron chi connectivity index (χ2n) is 3.26. The van der Waals surface area contributed by atoms with Crippen LogP contribution in [0.15, 0.2) is 28.7 Å². The van der Waals surface area contributed by atoms with E-state index in [0.29, 0.717) is 12.0 Å². The summed E-state index contributed by atoms with van der Waals surface area (Å²) >= 11 is 3.26. The van der Waals surface area contributed by atoms with E-state index in [9.17, 15) is 15.2 Å². The lowest BCUT2D eigenvalue weighted by Crippen LogP contribution is -2.26. The van der Waals surface area contributed by atoms with Crippen molar-refractivity contribution in [2.75, 3.05) is 0 Å². The highest BCUT2D eigenvalue weighted by Crippen LogP contribution is 2.22. The van der Waals surface area contributed by atoms with Crippen LogP contribution in [0.1, 0.15) is 25.0 Å². The number of aliphatic hydroxyl groups excluding tert-OH is 1. The van der Waals surface area contributed by atoms with Crippen LogP contribution in [-0.4, -0.2) is 16.1 Å². The third-order valence-electron chi connectivity index (χ3n) is 2.27. The summed E-state index contributed by atoms with van der Waals surface area (Å²) in [5, 5.41) is 20.4. The van der Waals surface area contributed by atoms with E-state index in [0.717, 1.165) is 4.47 Å². The van der Waals surface area contributed by atoms with Crippen LogP contribution in [0.2, 0.25) is 0 Å². The van der Waals surface area contributed by atoms with Crippen LogP contribution in [0, 0.1) is 10.1 Å². The summed E-state index contributed by atoms with van der Waals surface area (Å²) in [7, 11) is 0. The molecule has 2 atom stereocenters. The van der Waals surface area contributed by atoms with Gasteiger partial charge in [0.2, 0.25) is 6.04 Å². The van der Waals surface area contributed by atoms with Crippen LogP contribution in [0.25, 0.3) is 0 Å². The van der Waals surface area contributed by atoms with Gasteiger partial charge in [0, 0.05) is 15.8 Å². The van der Waals surface area contributed by atoms with E-state index in [4.69, 9.17) is 0 Å². The Morgan fingerprint density at radius 2 is 2.00 bits per heavy atom. The van der Waals surface area contributed by atoms with Crippen molar-refractivity contribution >= 4 is 15.9 Å². The number of benzene rings is 1. The summed E-state index contributed by atoms with van der Waals surface area (Å²) < 4.78 is 0.882. The average molecular weight is 274 g/mol. The molecule has 0 radical (unpaired) electrons. The van der Waals surface area contributed by atoms with Crippen LogP contribution in [0.5, 0.6) is 0 Å². The summed E-state index contributed by atoms with van der Waals surface area (Å²) in [5.74, 6) is 0. The number of halogens is 1. The molecule has 1 aromatic rings. The van der Waals surface area contributed by atoms with Crippen LogP contribution < -0.4 is 0 Å². The molecule has 1 aromatic carbocycles. The van der Waals surface area contributed by atoms with Crippen molar-refractivity contribution in [2.45, 2.75) is 25.5 Å². The fraction of sp³-hybridized carbons (Fsp3) is 0.400. The normalized spacial score (nSPS) is 14.6. The monoisotopic (exact) mass is 273 g/mol. The molecule has 1 N–H and O–H groups in total. The first-order valence-electron chi connectivity index (χ1n) is 4.63. The minimum Gasteiger partial charge on any atom is -0.381 e. The number of hydrogen-bond acceptors (Lipinski definition) is 3. The van der Waals surface area contributed by atoms with E-state index in [1.54, 1.807) is 31.2 Å². The molecular weight excluding hydrogens is 262 g/mol. The standard InChI is InChI=1S/C10H12BrNO3/c1-2-9(12(14)15)10(13)7-3-5-8(11)6-4-7/h3-6,9-10,13H,2H2,1H3/t9-,10-/m1/s1. The first-order chi connectivity index (χ1) is 7.06. The highest BCUT2D eigenvalue weighted by Gasteiger charge is 2.28. The van der Waals surface area contributed by atoms with Crippen molar-refractivity contribution in [1.29, 1.82) is 0 Å². The molecule has 4 nitrogen and oxygen atoms in total. The number of rotatable bonds is 4. The molecule has 15 heavy (non-hydrogen) atoms. The summed E-state index contributed by atoms with van der Waals surface area (Å²) in [5.41, 5.74) is 0.571. The van der Waals surface area contributed by atoms with Gasteiger partial charge in [-0.05, 0) is 17.7 Å². The fourth-order valence-electron chi connectivity index (χ4n) is 1.37. The van der Waals surface area contributed by atoms with Crippen molar-refractivity contribution in [3.63, 3.8) is 0 Å². The van der Waals surface area contributed by atoms with E-state index < -0.39 is 17.1 Å². The lowest BCUT2D eigenvalue weighted by atomic mass is 10.0. The second kappa shape index (κ2) is 5.23. The Morgan fingerprint density at radius 1 is 1.47 bits per heavy atom.